The first-order chi connectivity index (χ1) is 12.7. The Balaban J connectivity index is 1.57. The Morgan fingerprint density at radius 1 is 0.885 bits per heavy atom. The summed E-state index contributed by atoms with van der Waals surface area (Å²) in [6.45, 7) is 1.08. The van der Waals surface area contributed by atoms with E-state index in [9.17, 15) is 0 Å². The number of nitrogens with two attached hydrogens (primary N) is 1. The molecule has 0 spiro atoms. The Kier molecular flexibility index (Phi) is 4.37. The largest absolute Gasteiger partial charge is 0.486 e. The van der Waals surface area contributed by atoms with Gasteiger partial charge < -0.3 is 25.8 Å². The summed E-state index contributed by atoms with van der Waals surface area (Å²) < 4.78 is 11.1. The molecule has 26 heavy (non-hydrogen) atoms. The normalized spacial score (nSPS) is 12.5. The number of ether oxygens (including phenoxy) is 2. The third-order valence-electron chi connectivity index (χ3n) is 3.78. The van der Waals surface area contributed by atoms with E-state index in [0.29, 0.717) is 41.3 Å². The van der Waals surface area contributed by atoms with Crippen molar-refractivity contribution in [3.05, 3.63) is 53.8 Å². The van der Waals surface area contributed by atoms with Gasteiger partial charge in [-0.2, -0.15) is 0 Å². The molecular formula is C18H16ClN5O2. The van der Waals surface area contributed by atoms with Gasteiger partial charge in [0.2, 0.25) is 0 Å². The van der Waals surface area contributed by atoms with Crippen LogP contribution in [0.15, 0.2) is 48.8 Å². The van der Waals surface area contributed by atoms with Gasteiger partial charge in [-0.25, -0.2) is 9.97 Å². The Morgan fingerprint density at radius 3 is 2.31 bits per heavy atom. The molecule has 0 saturated carbocycles. The molecule has 8 heteroatoms. The molecule has 0 aliphatic carbocycles. The molecule has 0 amide bonds. The Labute approximate surface area is 155 Å². The van der Waals surface area contributed by atoms with E-state index in [2.05, 4.69) is 20.6 Å². The molecular weight excluding hydrogens is 354 g/mol. The molecule has 3 aromatic rings. The smallest absolute Gasteiger partial charge is 0.163 e. The van der Waals surface area contributed by atoms with E-state index in [1.165, 1.54) is 6.33 Å². The zero-order chi connectivity index (χ0) is 17.9. The third-order valence-corrected chi connectivity index (χ3v) is 4.01. The number of fused-ring (bicyclic) bond motifs is 1. The maximum atomic E-state index is 6.22. The molecule has 0 atom stereocenters. The van der Waals surface area contributed by atoms with E-state index >= 15 is 0 Å². The number of nitrogens with one attached hydrogen (secondary N) is 2. The third kappa shape index (κ3) is 3.43. The van der Waals surface area contributed by atoms with Crippen LogP contribution in [0.1, 0.15) is 0 Å². The number of nitrogen functional groups attached to an aromatic ring is 1. The SMILES string of the molecule is Nc1c(Nc2cccc(Cl)c2)ncnc1Nc1ccc2c(c1)OCCO2. The van der Waals surface area contributed by atoms with Gasteiger partial charge in [0.25, 0.3) is 0 Å². The number of hydrogen-bond donors (Lipinski definition) is 3. The minimum Gasteiger partial charge on any atom is -0.486 e. The molecule has 2 aromatic carbocycles. The molecule has 2 heterocycles. The number of hydrogen-bond acceptors (Lipinski definition) is 7. The second-order valence-electron chi connectivity index (χ2n) is 5.60. The first-order valence-electron chi connectivity index (χ1n) is 7.99. The van der Waals surface area contributed by atoms with Crippen molar-refractivity contribution in [2.45, 2.75) is 0 Å². The quantitative estimate of drug-likeness (QED) is 0.640. The van der Waals surface area contributed by atoms with Crippen LogP contribution in [-0.4, -0.2) is 23.2 Å². The predicted octanol–water partition coefficient (Wildman–Crippen LogP) is 3.97. The molecule has 1 aromatic heterocycles. The molecule has 0 radical (unpaired) electrons. The van der Waals surface area contributed by atoms with E-state index in [4.69, 9.17) is 26.8 Å². The molecule has 7 nitrogen and oxygen atoms in total. The highest BCUT2D eigenvalue weighted by Crippen LogP contribution is 2.35. The Hall–Kier alpha value is -3.19. The summed E-state index contributed by atoms with van der Waals surface area (Å²) in [6, 6.07) is 12.9. The minimum absolute atomic E-state index is 0.391. The lowest BCUT2D eigenvalue weighted by molar-refractivity contribution is 0.171. The second-order valence-corrected chi connectivity index (χ2v) is 6.04. The van der Waals surface area contributed by atoms with Crippen molar-refractivity contribution in [1.82, 2.24) is 9.97 Å². The predicted molar refractivity (Wildman–Crippen MR) is 102 cm³/mol. The fourth-order valence-electron chi connectivity index (χ4n) is 2.56. The lowest BCUT2D eigenvalue weighted by atomic mass is 10.2. The van der Waals surface area contributed by atoms with E-state index < -0.39 is 0 Å². The van der Waals surface area contributed by atoms with Crippen molar-refractivity contribution in [2.24, 2.45) is 0 Å². The van der Waals surface area contributed by atoms with Crippen LogP contribution in [0.5, 0.6) is 11.5 Å². The number of halogens is 1. The van der Waals surface area contributed by atoms with Crippen LogP contribution in [-0.2, 0) is 0 Å². The molecule has 0 saturated heterocycles. The van der Waals surface area contributed by atoms with Gasteiger partial charge in [0.15, 0.2) is 23.1 Å². The molecule has 4 rings (SSSR count). The molecule has 4 N–H and O–H groups in total. The van der Waals surface area contributed by atoms with E-state index in [1.807, 2.05) is 30.3 Å². The summed E-state index contributed by atoms with van der Waals surface area (Å²) in [4.78, 5) is 8.42. The Morgan fingerprint density at radius 2 is 1.58 bits per heavy atom. The van der Waals surface area contributed by atoms with Gasteiger partial charge >= 0.3 is 0 Å². The first-order valence-corrected chi connectivity index (χ1v) is 8.36. The molecule has 1 aliphatic rings. The van der Waals surface area contributed by atoms with Crippen molar-refractivity contribution in [3.8, 4) is 11.5 Å². The van der Waals surface area contributed by atoms with Crippen LogP contribution in [0.4, 0.5) is 28.7 Å². The average Bonchev–Trinajstić information content (AvgIpc) is 2.65. The molecule has 0 unspecified atom stereocenters. The van der Waals surface area contributed by atoms with E-state index in [-0.39, 0.29) is 0 Å². The highest BCUT2D eigenvalue weighted by atomic mass is 35.5. The average molecular weight is 370 g/mol. The summed E-state index contributed by atoms with van der Waals surface area (Å²) in [5.41, 5.74) is 8.18. The van der Waals surface area contributed by atoms with Crippen molar-refractivity contribution in [2.75, 3.05) is 29.6 Å². The zero-order valence-electron chi connectivity index (χ0n) is 13.7. The minimum atomic E-state index is 0.391. The van der Waals surface area contributed by atoms with Crippen LogP contribution in [0.2, 0.25) is 5.02 Å². The van der Waals surface area contributed by atoms with E-state index in [0.717, 1.165) is 17.1 Å². The molecule has 0 bridgehead atoms. The summed E-state index contributed by atoms with van der Waals surface area (Å²) in [5.74, 6) is 2.38. The van der Waals surface area contributed by atoms with E-state index in [1.54, 1.807) is 12.1 Å². The van der Waals surface area contributed by atoms with Gasteiger partial charge in [-0.15, -0.1) is 0 Å². The fraction of sp³-hybridized carbons (Fsp3) is 0.111. The van der Waals surface area contributed by atoms with Crippen molar-refractivity contribution >= 4 is 40.3 Å². The lowest BCUT2D eigenvalue weighted by Gasteiger charge is -2.19. The second kappa shape index (κ2) is 6.97. The maximum Gasteiger partial charge on any atom is 0.163 e. The van der Waals surface area contributed by atoms with Crippen LogP contribution in [0, 0.1) is 0 Å². The summed E-state index contributed by atoms with van der Waals surface area (Å²) in [7, 11) is 0. The highest BCUT2D eigenvalue weighted by molar-refractivity contribution is 6.30. The molecule has 132 valence electrons. The van der Waals surface area contributed by atoms with Crippen LogP contribution < -0.4 is 25.8 Å². The van der Waals surface area contributed by atoms with Gasteiger partial charge in [0.1, 0.15) is 25.2 Å². The van der Waals surface area contributed by atoms with Crippen molar-refractivity contribution in [3.63, 3.8) is 0 Å². The van der Waals surface area contributed by atoms with Gasteiger partial charge in [0.05, 0.1) is 0 Å². The van der Waals surface area contributed by atoms with Gasteiger partial charge in [-0.1, -0.05) is 17.7 Å². The number of rotatable bonds is 4. The number of aromatic nitrogens is 2. The standard InChI is InChI=1S/C18H16ClN5O2/c19-11-2-1-3-12(8-11)23-17-16(20)18(22-10-21-17)24-13-4-5-14-15(9-13)26-7-6-25-14/h1-5,8-10H,6-7,20H2,(H2,21,22,23,24). The van der Waals surface area contributed by atoms with Crippen LogP contribution in [0.3, 0.4) is 0 Å². The summed E-state index contributed by atoms with van der Waals surface area (Å²) >= 11 is 6.01. The summed E-state index contributed by atoms with van der Waals surface area (Å²) in [6.07, 6.45) is 1.43. The molecule has 1 aliphatic heterocycles. The topological polar surface area (TPSA) is 94.3 Å². The highest BCUT2D eigenvalue weighted by Gasteiger charge is 2.14. The number of benzene rings is 2. The van der Waals surface area contributed by atoms with Crippen LogP contribution >= 0.6 is 11.6 Å². The first kappa shape index (κ1) is 16.3. The number of anilines is 5. The number of nitrogens with zero attached hydrogens (tertiary/aromatic N) is 2. The van der Waals surface area contributed by atoms with Gasteiger partial charge in [-0.05, 0) is 30.3 Å². The van der Waals surface area contributed by atoms with Crippen LogP contribution in [0.25, 0.3) is 0 Å². The van der Waals surface area contributed by atoms with Gasteiger partial charge in [0, 0.05) is 22.5 Å². The van der Waals surface area contributed by atoms with Crippen molar-refractivity contribution in [1.29, 1.82) is 0 Å². The maximum absolute atomic E-state index is 6.22. The molecule has 0 fully saturated rings. The zero-order valence-corrected chi connectivity index (χ0v) is 14.5. The van der Waals surface area contributed by atoms with Crippen molar-refractivity contribution < 1.29 is 9.47 Å². The Bertz CT molecular complexity index is 951. The van der Waals surface area contributed by atoms with Gasteiger partial charge in [-0.3, -0.25) is 0 Å². The summed E-state index contributed by atoms with van der Waals surface area (Å²) in [5, 5.41) is 6.95. The lowest BCUT2D eigenvalue weighted by Crippen LogP contribution is -2.15. The monoisotopic (exact) mass is 369 g/mol. The fourth-order valence-corrected chi connectivity index (χ4v) is 2.75.